The van der Waals surface area contributed by atoms with Gasteiger partial charge in [-0.25, -0.2) is 28.8 Å². The fraction of sp³-hybridized carbons (Fsp3) is 0. The Kier molecular flexibility index (Phi) is 6.68. The highest BCUT2D eigenvalue weighted by Crippen LogP contribution is 2.00. The molecule has 0 spiro atoms. The number of hydrogen-bond acceptors (Lipinski definition) is 9. The van der Waals surface area contributed by atoms with E-state index >= 15 is 0 Å². The normalized spacial score (nSPS) is 10.3. The van der Waals surface area contributed by atoms with Crippen molar-refractivity contribution in [3.05, 3.63) is 139 Å². The average molecular weight is 489 g/mol. The lowest BCUT2D eigenvalue weighted by Crippen LogP contribution is -2.61. The smallest absolute Gasteiger partial charge is 0.322 e. The molecule has 12 heteroatoms. The van der Waals surface area contributed by atoms with Crippen LogP contribution in [0.3, 0.4) is 0 Å². The topological polar surface area (TPSA) is 145 Å². The molecule has 0 N–H and O–H groups in total. The Hall–Kier alpha value is -5.52. The van der Waals surface area contributed by atoms with Crippen LogP contribution < -0.4 is 31.6 Å². The first-order valence-corrected chi connectivity index (χ1v) is 10.2. The van der Waals surface area contributed by atoms with Crippen molar-refractivity contribution in [2.24, 2.45) is 0 Å². The van der Waals surface area contributed by atoms with Gasteiger partial charge in [0.05, 0.1) is 16.7 Å². The Morgan fingerprint density at radius 3 is 0.861 bits per heavy atom. The molecular formula is C24H15N3O9. The quantitative estimate of drug-likeness (QED) is 0.365. The summed E-state index contributed by atoms with van der Waals surface area (Å²) in [4.78, 5) is 90.6. The van der Waals surface area contributed by atoms with Crippen LogP contribution in [-0.4, -0.2) is 32.1 Å². The summed E-state index contributed by atoms with van der Waals surface area (Å²) in [5.74, 6) is -3.47. The summed E-state index contributed by atoms with van der Waals surface area (Å²) >= 11 is 0. The van der Waals surface area contributed by atoms with E-state index in [4.69, 9.17) is 14.5 Å². The van der Waals surface area contributed by atoms with Crippen molar-refractivity contribution in [3.63, 3.8) is 0 Å². The van der Waals surface area contributed by atoms with E-state index in [1.807, 2.05) is 0 Å². The lowest BCUT2D eigenvalue weighted by Gasteiger charge is -2.12. The van der Waals surface area contributed by atoms with Crippen molar-refractivity contribution in [2.45, 2.75) is 0 Å². The predicted octanol–water partition coefficient (Wildman–Crippen LogP) is -0.0213. The average Bonchev–Trinajstić information content (AvgIpc) is 2.92. The number of benzene rings is 3. The Bertz CT molecular complexity index is 1380. The van der Waals surface area contributed by atoms with Crippen molar-refractivity contribution in [2.75, 3.05) is 0 Å². The molecule has 0 radical (unpaired) electrons. The second-order valence-electron chi connectivity index (χ2n) is 6.97. The zero-order valence-electron chi connectivity index (χ0n) is 18.2. The highest BCUT2D eigenvalue weighted by molar-refractivity contribution is 5.90. The molecule has 0 atom stereocenters. The third-order valence-corrected chi connectivity index (χ3v) is 4.59. The highest BCUT2D eigenvalue weighted by Gasteiger charge is 2.25. The monoisotopic (exact) mass is 489 g/mol. The number of nitrogens with zero attached hydrogens (tertiary/aromatic N) is 3. The predicted molar refractivity (Wildman–Crippen MR) is 121 cm³/mol. The molecule has 0 saturated heterocycles. The molecule has 4 aromatic rings. The number of carbonyl (C=O) groups excluding carboxylic acids is 3. The molecule has 180 valence electrons. The zero-order valence-corrected chi connectivity index (χ0v) is 18.2. The van der Waals surface area contributed by atoms with E-state index in [-0.39, 0.29) is 30.9 Å². The van der Waals surface area contributed by atoms with E-state index in [0.29, 0.717) is 0 Å². The van der Waals surface area contributed by atoms with Gasteiger partial charge in [0, 0.05) is 0 Å². The number of aromatic nitrogens is 3. The molecular weight excluding hydrogens is 474 g/mol. The fourth-order valence-corrected chi connectivity index (χ4v) is 2.86. The van der Waals surface area contributed by atoms with Crippen LogP contribution in [0, 0.1) is 0 Å². The lowest BCUT2D eigenvalue weighted by atomic mass is 10.2. The Balaban J connectivity index is 1.80. The third-order valence-electron chi connectivity index (χ3n) is 4.59. The Morgan fingerprint density at radius 2 is 0.639 bits per heavy atom. The van der Waals surface area contributed by atoms with Gasteiger partial charge in [-0.3, -0.25) is 0 Å². The van der Waals surface area contributed by atoms with Crippen molar-refractivity contribution in [1.29, 1.82) is 0 Å². The second kappa shape index (κ2) is 10.2. The van der Waals surface area contributed by atoms with Gasteiger partial charge in [0.1, 0.15) is 0 Å². The summed E-state index contributed by atoms with van der Waals surface area (Å²) in [5.41, 5.74) is -5.04. The summed E-state index contributed by atoms with van der Waals surface area (Å²) in [6.07, 6.45) is 0. The van der Waals surface area contributed by atoms with Gasteiger partial charge in [-0.1, -0.05) is 68.8 Å². The first-order chi connectivity index (χ1) is 17.4. The molecule has 4 rings (SSSR count). The van der Waals surface area contributed by atoms with E-state index in [1.165, 1.54) is 72.8 Å². The minimum absolute atomic E-state index is 0.0457. The Labute approximate surface area is 200 Å². The maximum absolute atomic E-state index is 12.9. The summed E-state index contributed by atoms with van der Waals surface area (Å²) in [5, 5.41) is 0. The molecule has 0 saturated carbocycles. The van der Waals surface area contributed by atoms with Gasteiger partial charge in [0.2, 0.25) is 0 Å². The van der Waals surface area contributed by atoms with Crippen molar-refractivity contribution in [3.8, 4) is 0 Å². The SMILES string of the molecule is O=C(On1c(=O)n(OC(=O)c2ccccc2)c(=O)n(OC(=O)c2ccccc2)c1=O)c1ccccc1. The molecule has 1 aromatic heterocycles. The van der Waals surface area contributed by atoms with Crippen LogP contribution in [0.1, 0.15) is 31.1 Å². The lowest BCUT2D eigenvalue weighted by molar-refractivity contribution is 0.00329. The van der Waals surface area contributed by atoms with Crippen LogP contribution in [0.15, 0.2) is 105 Å². The van der Waals surface area contributed by atoms with Crippen LogP contribution in [0.4, 0.5) is 0 Å². The van der Waals surface area contributed by atoms with E-state index in [1.54, 1.807) is 18.2 Å². The van der Waals surface area contributed by atoms with Gasteiger partial charge >= 0.3 is 35.0 Å². The fourth-order valence-electron chi connectivity index (χ4n) is 2.86. The largest absolute Gasteiger partial charge is 0.405 e. The van der Waals surface area contributed by atoms with Crippen LogP contribution in [0.25, 0.3) is 0 Å². The molecule has 0 amide bonds. The van der Waals surface area contributed by atoms with Crippen LogP contribution >= 0.6 is 0 Å². The highest BCUT2D eigenvalue weighted by atomic mass is 16.8. The summed E-state index contributed by atoms with van der Waals surface area (Å²) < 4.78 is -0.520. The van der Waals surface area contributed by atoms with Crippen LogP contribution in [0.5, 0.6) is 0 Å². The molecule has 0 bridgehead atoms. The molecule has 3 aromatic carbocycles. The summed E-state index contributed by atoms with van der Waals surface area (Å²) in [6.45, 7) is 0. The molecule has 1 heterocycles. The first kappa shape index (κ1) is 23.6. The summed E-state index contributed by atoms with van der Waals surface area (Å²) in [7, 11) is 0. The van der Waals surface area contributed by atoms with Crippen LogP contribution in [0.2, 0.25) is 0 Å². The van der Waals surface area contributed by atoms with Gasteiger partial charge in [-0.2, -0.15) is 0 Å². The molecule has 0 aliphatic heterocycles. The van der Waals surface area contributed by atoms with E-state index < -0.39 is 35.0 Å². The van der Waals surface area contributed by atoms with Gasteiger partial charge in [0.25, 0.3) is 0 Å². The molecule has 0 aliphatic carbocycles. The van der Waals surface area contributed by atoms with Crippen molar-refractivity contribution < 1.29 is 28.9 Å². The molecule has 36 heavy (non-hydrogen) atoms. The maximum atomic E-state index is 12.9. The number of carbonyl (C=O) groups is 3. The molecule has 0 fully saturated rings. The van der Waals surface area contributed by atoms with E-state index in [2.05, 4.69) is 0 Å². The number of rotatable bonds is 6. The first-order valence-electron chi connectivity index (χ1n) is 10.2. The maximum Gasteiger partial charge on any atom is 0.405 e. The third kappa shape index (κ3) is 4.87. The molecule has 0 aliphatic rings. The minimum atomic E-state index is -1.63. The Morgan fingerprint density at radius 1 is 0.417 bits per heavy atom. The summed E-state index contributed by atoms with van der Waals surface area (Å²) in [6, 6.07) is 21.9. The molecule has 0 unspecified atom stereocenters. The van der Waals surface area contributed by atoms with E-state index in [0.717, 1.165) is 0 Å². The van der Waals surface area contributed by atoms with Gasteiger partial charge in [0.15, 0.2) is 0 Å². The zero-order chi connectivity index (χ0) is 25.7. The molecule has 12 nitrogen and oxygen atoms in total. The standard InChI is InChI=1S/C24H15N3O9/c28-19(16-10-4-1-5-11-16)34-25-22(31)26(35-20(29)17-12-6-2-7-13-17)24(33)27(23(25)32)36-21(30)18-14-8-3-9-15-18/h1-15H. The van der Waals surface area contributed by atoms with Gasteiger partial charge in [-0.15, -0.1) is 0 Å². The van der Waals surface area contributed by atoms with Crippen LogP contribution in [-0.2, 0) is 0 Å². The second-order valence-corrected chi connectivity index (χ2v) is 6.97. The minimum Gasteiger partial charge on any atom is -0.322 e. The van der Waals surface area contributed by atoms with Gasteiger partial charge in [-0.05, 0) is 36.4 Å². The van der Waals surface area contributed by atoms with Crippen molar-refractivity contribution in [1.82, 2.24) is 14.2 Å². The van der Waals surface area contributed by atoms with Gasteiger partial charge < -0.3 is 14.5 Å². The van der Waals surface area contributed by atoms with E-state index in [9.17, 15) is 28.8 Å². The van der Waals surface area contributed by atoms with Crippen molar-refractivity contribution >= 4 is 17.9 Å². The number of hydrogen-bond donors (Lipinski definition) is 0.